The number of methoxy groups -OCH3 is 1. The Balaban J connectivity index is 1.88. The maximum Gasteiger partial charge on any atom is 0.282 e. The molecule has 28 heavy (non-hydrogen) atoms. The highest BCUT2D eigenvalue weighted by atomic mass is 127. The van der Waals surface area contributed by atoms with Gasteiger partial charge in [0.1, 0.15) is 5.75 Å². The molecule has 0 radical (unpaired) electrons. The van der Waals surface area contributed by atoms with E-state index in [9.17, 15) is 4.79 Å². The molecule has 1 heterocycles. The summed E-state index contributed by atoms with van der Waals surface area (Å²) >= 11 is 2.21. The van der Waals surface area contributed by atoms with E-state index in [-0.39, 0.29) is 5.56 Å². The van der Waals surface area contributed by atoms with Crippen LogP contribution in [0.3, 0.4) is 0 Å². The highest BCUT2D eigenvalue weighted by Crippen LogP contribution is 2.21. The first-order valence-corrected chi connectivity index (χ1v) is 9.70. The van der Waals surface area contributed by atoms with E-state index in [2.05, 4.69) is 27.7 Å². The van der Waals surface area contributed by atoms with Crippen LogP contribution in [0.4, 0.5) is 0 Å². The molecule has 0 saturated heterocycles. The number of para-hydroxylation sites is 1. The second-order valence-corrected chi connectivity index (χ2v) is 7.24. The van der Waals surface area contributed by atoms with Gasteiger partial charge >= 0.3 is 0 Å². The first-order valence-electron chi connectivity index (χ1n) is 8.62. The molecule has 0 amide bonds. The molecule has 4 rings (SSSR count). The highest BCUT2D eigenvalue weighted by molar-refractivity contribution is 14.1. The second kappa shape index (κ2) is 7.93. The van der Waals surface area contributed by atoms with E-state index in [1.54, 1.807) is 19.4 Å². The van der Waals surface area contributed by atoms with Gasteiger partial charge in [0.15, 0.2) is 5.82 Å². The van der Waals surface area contributed by atoms with Gasteiger partial charge in [-0.05, 0) is 58.5 Å². The smallest absolute Gasteiger partial charge is 0.282 e. The molecule has 4 aromatic rings. The Hall–Kier alpha value is -3.00. The monoisotopic (exact) mass is 481 g/mol. The predicted octanol–water partition coefficient (Wildman–Crippen LogP) is 4.56. The molecule has 0 fully saturated rings. The van der Waals surface area contributed by atoms with Gasteiger partial charge < -0.3 is 4.74 Å². The summed E-state index contributed by atoms with van der Waals surface area (Å²) in [6.45, 7) is 0. The zero-order chi connectivity index (χ0) is 19.5. The van der Waals surface area contributed by atoms with E-state index in [0.29, 0.717) is 16.7 Å². The van der Waals surface area contributed by atoms with E-state index in [1.807, 2.05) is 66.7 Å². The van der Waals surface area contributed by atoms with Crippen molar-refractivity contribution in [2.75, 3.05) is 7.11 Å². The van der Waals surface area contributed by atoms with E-state index in [0.717, 1.165) is 20.4 Å². The molecule has 0 atom stereocenters. The van der Waals surface area contributed by atoms with E-state index in [1.165, 1.54) is 4.68 Å². The number of ether oxygens (including phenoxy) is 1. The fraction of sp³-hybridized carbons (Fsp3) is 0.0455. The summed E-state index contributed by atoms with van der Waals surface area (Å²) in [6, 6.07) is 22.6. The van der Waals surface area contributed by atoms with Gasteiger partial charge in [0.2, 0.25) is 0 Å². The first-order chi connectivity index (χ1) is 13.7. The summed E-state index contributed by atoms with van der Waals surface area (Å²) in [5.74, 6) is 1.30. The fourth-order valence-corrected chi connectivity index (χ4v) is 3.65. The Kier molecular flexibility index (Phi) is 5.21. The van der Waals surface area contributed by atoms with Crippen molar-refractivity contribution < 1.29 is 4.74 Å². The number of benzene rings is 3. The number of aromatic nitrogens is 2. The van der Waals surface area contributed by atoms with Crippen molar-refractivity contribution in [1.29, 1.82) is 0 Å². The normalized spacial score (nSPS) is 11.2. The van der Waals surface area contributed by atoms with Crippen molar-refractivity contribution in [2.24, 2.45) is 5.10 Å². The second-order valence-electron chi connectivity index (χ2n) is 6.07. The third kappa shape index (κ3) is 3.55. The van der Waals surface area contributed by atoms with E-state index >= 15 is 0 Å². The number of halogens is 1. The van der Waals surface area contributed by atoms with E-state index < -0.39 is 0 Å². The van der Waals surface area contributed by atoms with Crippen molar-refractivity contribution in [3.63, 3.8) is 0 Å². The number of nitrogens with zero attached hydrogens (tertiary/aromatic N) is 3. The summed E-state index contributed by atoms with van der Waals surface area (Å²) in [5, 5.41) is 5.00. The molecule has 5 nitrogen and oxygen atoms in total. The molecule has 0 aliphatic rings. The van der Waals surface area contributed by atoms with Gasteiger partial charge in [-0.15, -0.1) is 0 Å². The minimum Gasteiger partial charge on any atom is -0.496 e. The summed E-state index contributed by atoms with van der Waals surface area (Å²) < 4.78 is 7.61. The fourth-order valence-electron chi connectivity index (χ4n) is 2.89. The van der Waals surface area contributed by atoms with Crippen molar-refractivity contribution >= 4 is 39.7 Å². The van der Waals surface area contributed by atoms with Crippen LogP contribution in [0.5, 0.6) is 5.75 Å². The van der Waals surface area contributed by atoms with Crippen LogP contribution >= 0.6 is 22.6 Å². The van der Waals surface area contributed by atoms with Crippen LogP contribution < -0.4 is 10.3 Å². The maximum atomic E-state index is 13.1. The van der Waals surface area contributed by atoms with Gasteiger partial charge in [-0.2, -0.15) is 9.78 Å². The maximum absolute atomic E-state index is 13.1. The minimum absolute atomic E-state index is 0.205. The Morgan fingerprint density at radius 3 is 2.54 bits per heavy atom. The minimum atomic E-state index is -0.205. The molecule has 0 spiro atoms. The van der Waals surface area contributed by atoms with Crippen LogP contribution in [0.1, 0.15) is 5.56 Å². The van der Waals surface area contributed by atoms with Gasteiger partial charge in [-0.25, -0.2) is 4.98 Å². The molecular formula is C22H16IN3O2. The van der Waals surface area contributed by atoms with Gasteiger partial charge in [0, 0.05) is 5.56 Å². The lowest BCUT2D eigenvalue weighted by Gasteiger charge is -2.09. The number of rotatable bonds is 4. The topological polar surface area (TPSA) is 56.5 Å². The molecule has 0 N–H and O–H groups in total. The van der Waals surface area contributed by atoms with Crippen molar-refractivity contribution in [3.8, 4) is 17.1 Å². The van der Waals surface area contributed by atoms with Crippen molar-refractivity contribution in [3.05, 3.63) is 92.3 Å². The molecule has 1 aromatic heterocycles. The molecule has 0 saturated carbocycles. The molecule has 6 heteroatoms. The molecule has 0 aliphatic carbocycles. The van der Waals surface area contributed by atoms with Gasteiger partial charge in [0.05, 0.1) is 27.8 Å². The van der Waals surface area contributed by atoms with Crippen LogP contribution in [0.15, 0.2) is 82.7 Å². The SMILES string of the molecule is COc1ccc(C=Nn2c(-c3ccccc3)nc3ccccc3c2=O)cc1I. The van der Waals surface area contributed by atoms with Crippen LogP contribution in [0.25, 0.3) is 22.3 Å². The summed E-state index contributed by atoms with van der Waals surface area (Å²) in [6.07, 6.45) is 1.66. The Bertz CT molecular complexity index is 1230. The third-order valence-corrected chi connectivity index (χ3v) is 5.13. The zero-order valence-corrected chi connectivity index (χ0v) is 17.2. The highest BCUT2D eigenvalue weighted by Gasteiger charge is 2.12. The lowest BCUT2D eigenvalue weighted by atomic mass is 10.2. The third-order valence-electron chi connectivity index (χ3n) is 4.28. The first kappa shape index (κ1) is 18.4. The van der Waals surface area contributed by atoms with Gasteiger partial charge in [0.25, 0.3) is 5.56 Å². The zero-order valence-electron chi connectivity index (χ0n) is 15.0. The number of hydrogen-bond acceptors (Lipinski definition) is 4. The van der Waals surface area contributed by atoms with Crippen molar-refractivity contribution in [2.45, 2.75) is 0 Å². The molecule has 0 bridgehead atoms. The molecular weight excluding hydrogens is 465 g/mol. The Morgan fingerprint density at radius 2 is 1.79 bits per heavy atom. The summed E-state index contributed by atoms with van der Waals surface area (Å²) in [4.78, 5) is 17.8. The summed E-state index contributed by atoms with van der Waals surface area (Å²) in [7, 11) is 1.64. The molecule has 0 unspecified atom stereocenters. The van der Waals surface area contributed by atoms with Crippen molar-refractivity contribution in [1.82, 2.24) is 9.66 Å². The standard InChI is InChI=1S/C22H16IN3O2/c1-28-20-12-11-15(13-18(20)23)14-24-26-21(16-7-3-2-4-8-16)25-19-10-6-5-9-17(19)22(26)27/h2-14H,1H3. The molecule has 0 aliphatic heterocycles. The number of fused-ring (bicyclic) bond motifs is 1. The number of hydrogen-bond donors (Lipinski definition) is 0. The lowest BCUT2D eigenvalue weighted by molar-refractivity contribution is 0.412. The van der Waals surface area contributed by atoms with E-state index in [4.69, 9.17) is 9.72 Å². The van der Waals surface area contributed by atoms with Crippen LogP contribution in [0, 0.1) is 3.57 Å². The average molecular weight is 481 g/mol. The van der Waals surface area contributed by atoms with Crippen LogP contribution in [-0.4, -0.2) is 23.0 Å². The summed E-state index contributed by atoms with van der Waals surface area (Å²) in [5.41, 5.74) is 2.14. The predicted molar refractivity (Wildman–Crippen MR) is 120 cm³/mol. The van der Waals surface area contributed by atoms with Gasteiger partial charge in [-0.3, -0.25) is 4.79 Å². The molecule has 3 aromatic carbocycles. The largest absolute Gasteiger partial charge is 0.496 e. The quantitative estimate of drug-likeness (QED) is 0.317. The van der Waals surface area contributed by atoms with Gasteiger partial charge in [-0.1, -0.05) is 42.5 Å². The lowest BCUT2D eigenvalue weighted by Crippen LogP contribution is -2.20. The molecule has 138 valence electrons. The Labute approximate surface area is 175 Å². The Morgan fingerprint density at radius 1 is 1.04 bits per heavy atom. The van der Waals surface area contributed by atoms with Crippen LogP contribution in [0.2, 0.25) is 0 Å². The van der Waals surface area contributed by atoms with Crippen LogP contribution in [-0.2, 0) is 0 Å². The average Bonchev–Trinajstić information content (AvgIpc) is 2.74.